The van der Waals surface area contributed by atoms with Crippen LogP contribution in [-0.2, 0) is 4.79 Å². The number of carbonyl (C=O) groups is 1. The first-order chi connectivity index (χ1) is 17.0. The van der Waals surface area contributed by atoms with E-state index in [1.165, 1.54) is 0 Å². The van der Waals surface area contributed by atoms with E-state index in [-0.39, 0.29) is 11.7 Å². The monoisotopic (exact) mass is 476 g/mol. The molecule has 0 aliphatic rings. The molecule has 0 spiro atoms. The van der Waals surface area contributed by atoms with Crippen molar-refractivity contribution in [2.75, 3.05) is 0 Å². The number of hydrogen-bond donors (Lipinski definition) is 1. The van der Waals surface area contributed by atoms with E-state index < -0.39 is 14.2 Å². The van der Waals surface area contributed by atoms with E-state index in [1.807, 2.05) is 106 Å². The van der Waals surface area contributed by atoms with Crippen molar-refractivity contribution in [3.05, 3.63) is 138 Å². The minimum absolute atomic E-state index is 0.190. The number of Topliss-reactive ketones (excluding diaryl/α,β-unsaturated/α-hetero) is 1. The molecule has 4 rings (SSSR count). The Balaban J connectivity index is 2.00. The third kappa shape index (κ3) is 4.70. The molecule has 3 heteroatoms. The fourth-order valence-corrected chi connectivity index (χ4v) is 10.3. The Bertz CT molecular complexity index is 1180. The summed E-state index contributed by atoms with van der Waals surface area (Å²) in [6.45, 7) is 5.94. The fraction of sp³-hybridized carbons (Fsp3) is 0.156. The van der Waals surface area contributed by atoms with Gasteiger partial charge in [0, 0.05) is 5.92 Å². The van der Waals surface area contributed by atoms with Crippen molar-refractivity contribution in [2.45, 2.75) is 32.8 Å². The Hall–Kier alpha value is -3.53. The number of ketones is 1. The van der Waals surface area contributed by atoms with Crippen LogP contribution >= 0.6 is 0 Å². The Labute approximate surface area is 209 Å². The molecule has 0 amide bonds. The number of aliphatic hydroxyl groups is 1. The van der Waals surface area contributed by atoms with Crippen molar-refractivity contribution in [1.82, 2.24) is 0 Å². The quantitative estimate of drug-likeness (QED) is 0.226. The van der Waals surface area contributed by atoms with Gasteiger partial charge in [-0.05, 0) is 40.2 Å². The number of carbonyl (C=O) groups excluding carboxylic acids is 1. The lowest BCUT2D eigenvalue weighted by Gasteiger charge is -2.37. The van der Waals surface area contributed by atoms with Gasteiger partial charge in [-0.25, -0.2) is 0 Å². The molecule has 0 saturated carbocycles. The van der Waals surface area contributed by atoms with Crippen LogP contribution in [0.25, 0.3) is 0 Å². The molecule has 0 unspecified atom stereocenters. The predicted octanol–water partition coefficient (Wildman–Crippen LogP) is 4.77. The van der Waals surface area contributed by atoms with Crippen molar-refractivity contribution in [2.24, 2.45) is 0 Å². The Morgan fingerprint density at radius 3 is 1.31 bits per heavy atom. The van der Waals surface area contributed by atoms with Gasteiger partial charge in [-0.1, -0.05) is 134 Å². The van der Waals surface area contributed by atoms with Gasteiger partial charge in [0.15, 0.2) is 13.9 Å². The zero-order valence-corrected chi connectivity index (χ0v) is 21.6. The number of hydrogen-bond acceptors (Lipinski definition) is 2. The maximum atomic E-state index is 14.4. The SMILES string of the molecule is CC(C)=C(C(=O)[C@@H](O)[C@H](C)c1ccccc1)[Si](c1ccccc1)(c1ccccc1)c1ccccc1. The summed E-state index contributed by atoms with van der Waals surface area (Å²) in [7, 11) is -3.02. The molecule has 0 saturated heterocycles. The smallest absolute Gasteiger partial charge is 0.185 e. The summed E-state index contributed by atoms with van der Waals surface area (Å²) in [5.74, 6) is -0.517. The molecule has 0 aromatic heterocycles. The summed E-state index contributed by atoms with van der Waals surface area (Å²) in [5.41, 5.74) is 1.89. The lowest BCUT2D eigenvalue weighted by Crippen LogP contribution is -2.70. The molecule has 0 radical (unpaired) electrons. The van der Waals surface area contributed by atoms with Crippen molar-refractivity contribution >= 4 is 29.4 Å². The van der Waals surface area contributed by atoms with Gasteiger partial charge in [0.2, 0.25) is 0 Å². The second-order valence-corrected chi connectivity index (χ2v) is 13.0. The third-order valence-corrected chi connectivity index (χ3v) is 11.9. The number of rotatable bonds is 8. The van der Waals surface area contributed by atoms with Crippen LogP contribution in [0, 0.1) is 0 Å². The Kier molecular flexibility index (Phi) is 7.59. The molecule has 4 aromatic carbocycles. The first-order valence-corrected chi connectivity index (χ1v) is 14.1. The normalized spacial score (nSPS) is 13.0. The molecule has 35 heavy (non-hydrogen) atoms. The topological polar surface area (TPSA) is 37.3 Å². The van der Waals surface area contributed by atoms with Crippen LogP contribution in [0.15, 0.2) is 132 Å². The zero-order valence-electron chi connectivity index (χ0n) is 20.6. The summed E-state index contributed by atoms with van der Waals surface area (Å²) >= 11 is 0. The van der Waals surface area contributed by atoms with Gasteiger partial charge in [0.05, 0.1) is 0 Å². The molecular formula is C32H32O2Si. The molecular weight excluding hydrogens is 444 g/mol. The van der Waals surface area contributed by atoms with Crippen LogP contribution in [0.1, 0.15) is 32.3 Å². The second kappa shape index (κ2) is 10.8. The average Bonchev–Trinajstić information content (AvgIpc) is 2.92. The van der Waals surface area contributed by atoms with Crippen LogP contribution in [0.5, 0.6) is 0 Å². The van der Waals surface area contributed by atoms with Crippen molar-refractivity contribution < 1.29 is 9.90 Å². The van der Waals surface area contributed by atoms with E-state index in [0.29, 0.717) is 0 Å². The molecule has 1 N–H and O–H groups in total. The molecule has 0 fully saturated rings. The first-order valence-electron chi connectivity index (χ1n) is 12.1. The van der Waals surface area contributed by atoms with Crippen LogP contribution in [0.4, 0.5) is 0 Å². The van der Waals surface area contributed by atoms with E-state index >= 15 is 0 Å². The summed E-state index contributed by atoms with van der Waals surface area (Å²) in [6.07, 6.45) is -1.15. The number of allylic oxidation sites excluding steroid dienone is 1. The van der Waals surface area contributed by atoms with E-state index in [0.717, 1.165) is 31.9 Å². The van der Waals surface area contributed by atoms with Gasteiger partial charge in [0.25, 0.3) is 0 Å². The number of benzene rings is 4. The Morgan fingerprint density at radius 1 is 0.629 bits per heavy atom. The van der Waals surface area contributed by atoms with Crippen LogP contribution < -0.4 is 15.6 Å². The van der Waals surface area contributed by atoms with Gasteiger partial charge in [-0.15, -0.1) is 0 Å². The highest BCUT2D eigenvalue weighted by atomic mass is 28.3. The highest BCUT2D eigenvalue weighted by Crippen LogP contribution is 2.28. The maximum absolute atomic E-state index is 14.4. The van der Waals surface area contributed by atoms with Gasteiger partial charge < -0.3 is 5.11 Å². The fourth-order valence-electron chi connectivity index (χ4n) is 5.12. The van der Waals surface area contributed by atoms with Gasteiger partial charge >= 0.3 is 0 Å². The van der Waals surface area contributed by atoms with Crippen molar-refractivity contribution in [1.29, 1.82) is 0 Å². The van der Waals surface area contributed by atoms with Gasteiger partial charge in [-0.3, -0.25) is 4.79 Å². The molecule has 2 atom stereocenters. The lowest BCUT2D eigenvalue weighted by atomic mass is 9.92. The summed E-state index contributed by atoms with van der Waals surface area (Å²) in [4.78, 5) is 14.4. The zero-order chi connectivity index (χ0) is 24.8. The van der Waals surface area contributed by atoms with Crippen LogP contribution in [0.2, 0.25) is 0 Å². The van der Waals surface area contributed by atoms with Crippen molar-refractivity contribution in [3.8, 4) is 0 Å². The molecule has 0 heterocycles. The van der Waals surface area contributed by atoms with Crippen LogP contribution in [0.3, 0.4) is 0 Å². The third-order valence-electron chi connectivity index (χ3n) is 6.81. The van der Waals surface area contributed by atoms with E-state index in [9.17, 15) is 9.90 Å². The highest BCUT2D eigenvalue weighted by molar-refractivity contribution is 7.18. The second-order valence-electron chi connectivity index (χ2n) is 9.23. The molecule has 0 aliphatic carbocycles. The van der Waals surface area contributed by atoms with Gasteiger partial charge in [-0.2, -0.15) is 0 Å². The van der Waals surface area contributed by atoms with E-state index in [2.05, 4.69) is 36.4 Å². The predicted molar refractivity (Wildman–Crippen MR) is 148 cm³/mol. The molecule has 176 valence electrons. The van der Waals surface area contributed by atoms with Gasteiger partial charge in [0.1, 0.15) is 6.10 Å². The molecule has 4 aromatic rings. The average molecular weight is 477 g/mol. The molecule has 0 bridgehead atoms. The van der Waals surface area contributed by atoms with E-state index in [4.69, 9.17) is 0 Å². The minimum Gasteiger partial charge on any atom is -0.384 e. The summed E-state index contributed by atoms with van der Waals surface area (Å²) < 4.78 is 0. The summed E-state index contributed by atoms with van der Waals surface area (Å²) in [6, 6.07) is 40.9. The van der Waals surface area contributed by atoms with Crippen LogP contribution in [-0.4, -0.2) is 25.1 Å². The maximum Gasteiger partial charge on any atom is 0.185 e. The Morgan fingerprint density at radius 2 is 0.971 bits per heavy atom. The minimum atomic E-state index is -3.02. The standard InChI is InChI=1S/C32H32O2Si/c1-24(2)32(31(34)30(33)25(3)26-16-8-4-9-17-26)35(27-18-10-5-11-19-27,28-20-12-6-13-21-28)29-22-14-7-15-23-29/h4-23,25,30,33H,1-3H3/t25-,30+/m1/s1. The largest absolute Gasteiger partial charge is 0.384 e. The molecule has 2 nitrogen and oxygen atoms in total. The molecule has 0 aliphatic heterocycles. The summed E-state index contributed by atoms with van der Waals surface area (Å²) in [5, 5.41) is 15.6. The van der Waals surface area contributed by atoms with E-state index in [1.54, 1.807) is 0 Å². The highest BCUT2D eigenvalue weighted by Gasteiger charge is 2.48. The lowest BCUT2D eigenvalue weighted by molar-refractivity contribution is -0.123. The first kappa shape index (κ1) is 24.6. The van der Waals surface area contributed by atoms with Crippen molar-refractivity contribution in [3.63, 3.8) is 0 Å². The number of aliphatic hydroxyl groups excluding tert-OH is 1.